The SMILES string of the molecule is O=C(N/N=C\C1=C(N2CCOCC2)C(=C\c2ccccc2)/CC1)c1ccccc1Br. The van der Waals surface area contributed by atoms with Gasteiger partial charge in [0.05, 0.1) is 25.0 Å². The fraction of sp³-hybridized carbons (Fsp3) is 0.250. The Morgan fingerprint density at radius 3 is 2.53 bits per heavy atom. The van der Waals surface area contributed by atoms with Crippen molar-refractivity contribution in [1.29, 1.82) is 0 Å². The van der Waals surface area contributed by atoms with Crippen molar-refractivity contribution in [3.8, 4) is 0 Å². The predicted molar refractivity (Wildman–Crippen MR) is 123 cm³/mol. The molecule has 0 unspecified atom stereocenters. The summed E-state index contributed by atoms with van der Waals surface area (Å²) in [5, 5.41) is 4.27. The van der Waals surface area contributed by atoms with Gasteiger partial charge in [0, 0.05) is 23.3 Å². The molecule has 1 heterocycles. The van der Waals surface area contributed by atoms with Crippen LogP contribution in [-0.4, -0.2) is 43.3 Å². The van der Waals surface area contributed by atoms with Gasteiger partial charge in [-0.05, 0) is 63.7 Å². The standard InChI is InChI=1S/C24H24BrN3O2/c25-22-9-5-4-8-21(22)24(29)27-26-17-20-11-10-19(16-18-6-2-1-3-7-18)23(20)28-12-14-30-15-13-28/h1-9,16-17H,10-15H2,(H,27,29)/b19-16-,26-17-. The molecule has 0 aromatic heterocycles. The van der Waals surface area contributed by atoms with Gasteiger partial charge in [0.25, 0.3) is 5.91 Å². The third-order valence-corrected chi connectivity index (χ3v) is 5.94. The summed E-state index contributed by atoms with van der Waals surface area (Å²) < 4.78 is 6.29. The first-order chi connectivity index (χ1) is 14.7. The molecule has 2 aromatic rings. The van der Waals surface area contributed by atoms with Gasteiger partial charge >= 0.3 is 0 Å². The molecule has 5 nitrogen and oxygen atoms in total. The van der Waals surface area contributed by atoms with Gasteiger partial charge in [0.15, 0.2) is 0 Å². The minimum Gasteiger partial charge on any atom is -0.378 e. The number of carbonyl (C=O) groups is 1. The molecule has 154 valence electrons. The van der Waals surface area contributed by atoms with E-state index in [1.165, 1.54) is 16.8 Å². The average Bonchev–Trinajstić information content (AvgIpc) is 3.17. The lowest BCUT2D eigenvalue weighted by Crippen LogP contribution is -2.36. The van der Waals surface area contributed by atoms with Crippen LogP contribution in [-0.2, 0) is 4.74 Å². The van der Waals surface area contributed by atoms with Crippen molar-refractivity contribution >= 4 is 34.1 Å². The Balaban J connectivity index is 1.57. The first kappa shape index (κ1) is 20.6. The third kappa shape index (κ3) is 4.89. The van der Waals surface area contributed by atoms with Crippen LogP contribution in [0.4, 0.5) is 0 Å². The van der Waals surface area contributed by atoms with E-state index in [1.54, 1.807) is 12.3 Å². The summed E-state index contributed by atoms with van der Waals surface area (Å²) in [6.45, 7) is 3.18. The van der Waals surface area contributed by atoms with Gasteiger partial charge in [0.1, 0.15) is 0 Å². The van der Waals surface area contributed by atoms with E-state index < -0.39 is 0 Å². The lowest BCUT2D eigenvalue weighted by molar-refractivity contribution is 0.0548. The second-order valence-electron chi connectivity index (χ2n) is 7.23. The summed E-state index contributed by atoms with van der Waals surface area (Å²) in [6, 6.07) is 17.7. The van der Waals surface area contributed by atoms with Crippen LogP contribution in [0.2, 0.25) is 0 Å². The molecule has 2 aliphatic rings. The fourth-order valence-electron chi connectivity index (χ4n) is 3.80. The molecule has 2 aromatic carbocycles. The van der Waals surface area contributed by atoms with E-state index in [2.05, 4.69) is 61.7 Å². The van der Waals surface area contributed by atoms with Gasteiger partial charge in [-0.1, -0.05) is 42.5 Å². The van der Waals surface area contributed by atoms with Crippen molar-refractivity contribution < 1.29 is 9.53 Å². The molecule has 1 amide bonds. The summed E-state index contributed by atoms with van der Waals surface area (Å²) in [6.07, 6.45) is 5.91. The number of morpholine rings is 1. The maximum absolute atomic E-state index is 12.4. The molecule has 0 spiro atoms. The fourth-order valence-corrected chi connectivity index (χ4v) is 4.26. The maximum Gasteiger partial charge on any atom is 0.272 e. The molecule has 1 aliphatic carbocycles. The highest BCUT2D eigenvalue weighted by molar-refractivity contribution is 9.10. The van der Waals surface area contributed by atoms with Crippen LogP contribution >= 0.6 is 15.9 Å². The highest BCUT2D eigenvalue weighted by Crippen LogP contribution is 2.35. The van der Waals surface area contributed by atoms with Crippen LogP contribution in [0.1, 0.15) is 28.8 Å². The summed E-state index contributed by atoms with van der Waals surface area (Å²) in [7, 11) is 0. The average molecular weight is 466 g/mol. The van der Waals surface area contributed by atoms with Gasteiger partial charge in [-0.2, -0.15) is 5.10 Å². The smallest absolute Gasteiger partial charge is 0.272 e. The summed E-state index contributed by atoms with van der Waals surface area (Å²) in [5.74, 6) is -0.231. The number of amides is 1. The molecule has 6 heteroatoms. The van der Waals surface area contributed by atoms with Gasteiger partial charge in [0.2, 0.25) is 0 Å². The molecule has 0 bridgehead atoms. The predicted octanol–water partition coefficient (Wildman–Crippen LogP) is 4.63. The van der Waals surface area contributed by atoms with Crippen LogP contribution in [0, 0.1) is 0 Å². The van der Waals surface area contributed by atoms with Crippen molar-refractivity contribution in [3.05, 3.63) is 87.0 Å². The lowest BCUT2D eigenvalue weighted by Gasteiger charge is -2.31. The minimum absolute atomic E-state index is 0.231. The molecule has 1 aliphatic heterocycles. The highest BCUT2D eigenvalue weighted by atomic mass is 79.9. The number of nitrogens with one attached hydrogen (secondary N) is 1. The quantitative estimate of drug-likeness (QED) is 0.517. The molecule has 1 fully saturated rings. The highest BCUT2D eigenvalue weighted by Gasteiger charge is 2.25. The summed E-state index contributed by atoms with van der Waals surface area (Å²) in [5.41, 5.74) is 8.09. The Hall–Kier alpha value is -2.70. The number of benzene rings is 2. The monoisotopic (exact) mass is 465 g/mol. The topological polar surface area (TPSA) is 53.9 Å². The molecule has 0 atom stereocenters. The number of allylic oxidation sites excluding steroid dienone is 2. The first-order valence-corrected chi connectivity index (χ1v) is 10.9. The molecule has 30 heavy (non-hydrogen) atoms. The van der Waals surface area contributed by atoms with Crippen molar-refractivity contribution in [2.45, 2.75) is 12.8 Å². The normalized spacial score (nSPS) is 18.4. The summed E-state index contributed by atoms with van der Waals surface area (Å²) >= 11 is 3.41. The van der Waals surface area contributed by atoms with Crippen molar-refractivity contribution in [2.75, 3.05) is 26.3 Å². The second kappa shape index (κ2) is 9.87. The number of halogens is 1. The van der Waals surface area contributed by atoms with Crippen LogP contribution < -0.4 is 5.43 Å². The van der Waals surface area contributed by atoms with Crippen LogP contribution in [0.15, 0.2) is 81.0 Å². The van der Waals surface area contributed by atoms with Crippen molar-refractivity contribution in [2.24, 2.45) is 5.10 Å². The van der Waals surface area contributed by atoms with Crippen molar-refractivity contribution in [1.82, 2.24) is 10.3 Å². The largest absolute Gasteiger partial charge is 0.378 e. The van der Waals surface area contributed by atoms with E-state index in [-0.39, 0.29) is 5.91 Å². The van der Waals surface area contributed by atoms with E-state index in [0.29, 0.717) is 5.56 Å². The maximum atomic E-state index is 12.4. The Bertz CT molecular complexity index is 993. The molecular weight excluding hydrogens is 442 g/mol. The van der Waals surface area contributed by atoms with E-state index in [1.807, 2.05) is 24.3 Å². The number of hydrogen-bond acceptors (Lipinski definition) is 4. The zero-order valence-electron chi connectivity index (χ0n) is 16.7. The number of carbonyl (C=O) groups excluding carboxylic acids is 1. The molecule has 1 saturated heterocycles. The number of ether oxygens (including phenoxy) is 1. The van der Waals surface area contributed by atoms with Crippen molar-refractivity contribution in [3.63, 3.8) is 0 Å². The van der Waals surface area contributed by atoms with Gasteiger partial charge in [-0.15, -0.1) is 0 Å². The Morgan fingerprint density at radius 1 is 1.03 bits per heavy atom. The van der Waals surface area contributed by atoms with E-state index in [0.717, 1.165) is 49.2 Å². The van der Waals surface area contributed by atoms with Crippen LogP contribution in [0.25, 0.3) is 6.08 Å². The zero-order valence-corrected chi connectivity index (χ0v) is 18.3. The van der Waals surface area contributed by atoms with E-state index >= 15 is 0 Å². The Kier molecular flexibility index (Phi) is 6.77. The van der Waals surface area contributed by atoms with E-state index in [9.17, 15) is 4.79 Å². The van der Waals surface area contributed by atoms with Gasteiger partial charge < -0.3 is 9.64 Å². The van der Waals surface area contributed by atoms with Gasteiger partial charge in [-0.3, -0.25) is 4.79 Å². The van der Waals surface area contributed by atoms with Crippen LogP contribution in [0.3, 0.4) is 0 Å². The molecular formula is C24H24BrN3O2. The lowest BCUT2D eigenvalue weighted by atomic mass is 10.1. The van der Waals surface area contributed by atoms with E-state index in [4.69, 9.17) is 4.74 Å². The minimum atomic E-state index is -0.231. The Labute approximate surface area is 185 Å². The molecule has 0 radical (unpaired) electrons. The third-order valence-electron chi connectivity index (χ3n) is 5.24. The zero-order chi connectivity index (χ0) is 20.8. The second-order valence-corrected chi connectivity index (χ2v) is 8.09. The number of hydrogen-bond donors (Lipinski definition) is 1. The number of nitrogens with zero attached hydrogens (tertiary/aromatic N) is 2. The van der Waals surface area contributed by atoms with Gasteiger partial charge in [-0.25, -0.2) is 5.43 Å². The molecule has 1 N–H and O–H groups in total. The molecule has 0 saturated carbocycles. The number of rotatable bonds is 5. The molecule has 4 rings (SSSR count). The first-order valence-electron chi connectivity index (χ1n) is 10.1. The Morgan fingerprint density at radius 2 is 1.77 bits per heavy atom. The summed E-state index contributed by atoms with van der Waals surface area (Å²) in [4.78, 5) is 14.8. The number of hydrazone groups is 1. The van der Waals surface area contributed by atoms with Crippen LogP contribution in [0.5, 0.6) is 0 Å².